The maximum absolute atomic E-state index is 13.5. The van der Waals surface area contributed by atoms with E-state index in [2.05, 4.69) is 0 Å². The molecule has 0 radical (unpaired) electrons. The van der Waals surface area contributed by atoms with E-state index in [0.717, 1.165) is 18.4 Å². The van der Waals surface area contributed by atoms with Crippen LogP contribution in [0.1, 0.15) is 37.0 Å². The molecule has 1 aromatic rings. The van der Waals surface area contributed by atoms with E-state index < -0.39 is 10.0 Å². The first kappa shape index (κ1) is 18.8. The molecule has 0 bridgehead atoms. The fourth-order valence-corrected chi connectivity index (χ4v) is 4.97. The highest BCUT2D eigenvalue weighted by molar-refractivity contribution is 7.89. The lowest BCUT2D eigenvalue weighted by Gasteiger charge is -2.33. The molecule has 2 aliphatic rings. The highest BCUT2D eigenvalue weighted by Gasteiger charge is 2.38. The Morgan fingerprint density at radius 2 is 2.16 bits per heavy atom. The van der Waals surface area contributed by atoms with E-state index in [0.29, 0.717) is 31.2 Å². The molecule has 0 N–H and O–H groups in total. The van der Waals surface area contributed by atoms with Gasteiger partial charge in [-0.2, -0.15) is 4.31 Å². The van der Waals surface area contributed by atoms with Crippen LogP contribution in [0.5, 0.6) is 0 Å². The largest absolute Gasteiger partial charge is 0.377 e. The van der Waals surface area contributed by atoms with Crippen molar-refractivity contribution >= 4 is 10.0 Å². The molecule has 7 heteroatoms. The number of aryl methyl sites for hydroxylation is 1. The quantitative estimate of drug-likeness (QED) is 0.739. The van der Waals surface area contributed by atoms with Gasteiger partial charge in [-0.25, -0.2) is 12.8 Å². The summed E-state index contributed by atoms with van der Waals surface area (Å²) in [6, 6.07) is 4.79. The van der Waals surface area contributed by atoms with Crippen LogP contribution in [0, 0.1) is 18.7 Å². The minimum atomic E-state index is -3.41. The molecule has 1 aliphatic carbocycles. The number of ether oxygens (including phenoxy) is 2. The summed E-state index contributed by atoms with van der Waals surface area (Å²) in [5.74, 6) is 0.125. The van der Waals surface area contributed by atoms with E-state index in [1.165, 1.54) is 10.4 Å². The van der Waals surface area contributed by atoms with Gasteiger partial charge in [0, 0.05) is 19.7 Å². The van der Waals surface area contributed by atoms with Gasteiger partial charge in [0.2, 0.25) is 10.0 Å². The van der Waals surface area contributed by atoms with E-state index in [4.69, 9.17) is 9.47 Å². The van der Waals surface area contributed by atoms with Crippen molar-refractivity contribution in [2.24, 2.45) is 5.92 Å². The van der Waals surface area contributed by atoms with Gasteiger partial charge in [0.15, 0.2) is 0 Å². The Labute approximate surface area is 149 Å². The lowest BCUT2D eigenvalue weighted by Crippen LogP contribution is -2.45. The molecule has 0 amide bonds. The number of benzene rings is 1. The predicted molar refractivity (Wildman–Crippen MR) is 93.3 cm³/mol. The van der Waals surface area contributed by atoms with Gasteiger partial charge >= 0.3 is 0 Å². The van der Waals surface area contributed by atoms with E-state index in [-0.39, 0.29) is 30.3 Å². The predicted octanol–water partition coefficient (Wildman–Crippen LogP) is 2.65. The van der Waals surface area contributed by atoms with Crippen LogP contribution < -0.4 is 0 Å². The lowest BCUT2D eigenvalue weighted by molar-refractivity contribution is -0.00351. The third-order valence-corrected chi connectivity index (χ3v) is 6.75. The Kier molecular flexibility index (Phi) is 5.78. The van der Waals surface area contributed by atoms with Crippen LogP contribution in [0.2, 0.25) is 0 Å². The Bertz CT molecular complexity index is 705. The van der Waals surface area contributed by atoms with Crippen molar-refractivity contribution in [2.45, 2.75) is 38.9 Å². The zero-order valence-electron chi connectivity index (χ0n) is 14.8. The number of hydrogen-bond acceptors (Lipinski definition) is 4. The van der Waals surface area contributed by atoms with Crippen LogP contribution >= 0.6 is 0 Å². The monoisotopic (exact) mass is 371 g/mol. The van der Waals surface area contributed by atoms with Crippen molar-refractivity contribution in [3.05, 3.63) is 35.1 Å². The van der Waals surface area contributed by atoms with Crippen LogP contribution in [-0.4, -0.2) is 50.9 Å². The second-order valence-electron chi connectivity index (χ2n) is 6.84. The molecule has 2 atom stereocenters. The summed E-state index contributed by atoms with van der Waals surface area (Å²) in [5, 5.41) is 0. The zero-order chi connectivity index (χ0) is 18.0. The van der Waals surface area contributed by atoms with Crippen LogP contribution in [0.25, 0.3) is 0 Å². The molecule has 0 aromatic heterocycles. The number of halogens is 1. The van der Waals surface area contributed by atoms with E-state index in [1.807, 2.05) is 6.92 Å². The first-order chi connectivity index (χ1) is 11.9. The maximum atomic E-state index is 13.5. The summed E-state index contributed by atoms with van der Waals surface area (Å²) in [6.07, 6.45) is 1.50. The highest BCUT2D eigenvalue weighted by atomic mass is 32.2. The molecule has 1 aliphatic heterocycles. The first-order valence-electron chi connectivity index (χ1n) is 8.87. The van der Waals surface area contributed by atoms with Gasteiger partial charge < -0.3 is 9.47 Å². The molecule has 2 fully saturated rings. The van der Waals surface area contributed by atoms with Crippen molar-refractivity contribution < 1.29 is 22.3 Å². The molecule has 1 heterocycles. The van der Waals surface area contributed by atoms with E-state index in [1.54, 1.807) is 19.1 Å². The molecule has 140 valence electrons. The molecule has 0 spiro atoms. The molecule has 1 saturated carbocycles. The molecular weight excluding hydrogens is 345 g/mol. The van der Waals surface area contributed by atoms with Crippen LogP contribution in [-0.2, 0) is 19.5 Å². The summed E-state index contributed by atoms with van der Waals surface area (Å²) < 4.78 is 52.0. The van der Waals surface area contributed by atoms with Gasteiger partial charge in [-0.15, -0.1) is 0 Å². The Balaban J connectivity index is 1.70. The fraction of sp³-hybridized carbons (Fsp3) is 0.667. The number of hydrogen-bond donors (Lipinski definition) is 0. The third-order valence-electron chi connectivity index (χ3n) is 4.88. The fourth-order valence-electron chi connectivity index (χ4n) is 3.26. The molecule has 2 unspecified atom stereocenters. The van der Waals surface area contributed by atoms with Crippen molar-refractivity contribution in [3.8, 4) is 0 Å². The summed E-state index contributed by atoms with van der Waals surface area (Å²) in [7, 11) is -3.41. The van der Waals surface area contributed by atoms with Crippen LogP contribution in [0.3, 0.4) is 0 Å². The lowest BCUT2D eigenvalue weighted by atomic mass is 10.1. The number of sulfonamides is 1. The highest BCUT2D eigenvalue weighted by Crippen LogP contribution is 2.35. The number of nitrogens with zero attached hydrogens (tertiary/aromatic N) is 1. The average Bonchev–Trinajstić information content (AvgIpc) is 3.42. The third kappa shape index (κ3) is 4.58. The molecule has 1 aromatic carbocycles. The summed E-state index contributed by atoms with van der Waals surface area (Å²) in [6.45, 7) is 5.06. The van der Waals surface area contributed by atoms with E-state index >= 15 is 0 Å². The molecule has 5 nitrogen and oxygen atoms in total. The minimum Gasteiger partial charge on any atom is -0.377 e. The van der Waals surface area contributed by atoms with Crippen molar-refractivity contribution in [1.82, 2.24) is 4.31 Å². The van der Waals surface area contributed by atoms with Crippen LogP contribution in [0.15, 0.2) is 18.2 Å². The van der Waals surface area contributed by atoms with Gasteiger partial charge in [0.25, 0.3) is 0 Å². The average molecular weight is 371 g/mol. The smallest absolute Gasteiger partial charge is 0.216 e. The topological polar surface area (TPSA) is 55.8 Å². The van der Waals surface area contributed by atoms with Gasteiger partial charge in [0.05, 0.1) is 24.6 Å². The Morgan fingerprint density at radius 3 is 2.80 bits per heavy atom. The standard InChI is InChI=1S/C18H26FNO4S/c1-3-23-18(14-4-5-14)12-25(21,22)20-8-9-24-17(11-20)15-6-7-16(19)13(2)10-15/h6-7,10,14,17-18H,3-5,8-9,11-12H2,1-2H3. The molecular formula is C18H26FNO4S. The second-order valence-corrected chi connectivity index (χ2v) is 8.85. The van der Waals surface area contributed by atoms with Gasteiger partial charge in [-0.3, -0.25) is 0 Å². The normalized spacial score (nSPS) is 23.6. The maximum Gasteiger partial charge on any atom is 0.216 e. The summed E-state index contributed by atoms with van der Waals surface area (Å²) in [5.41, 5.74) is 1.34. The molecule has 3 rings (SSSR count). The van der Waals surface area contributed by atoms with Crippen LogP contribution in [0.4, 0.5) is 4.39 Å². The molecule has 25 heavy (non-hydrogen) atoms. The Morgan fingerprint density at radius 1 is 1.40 bits per heavy atom. The summed E-state index contributed by atoms with van der Waals surface area (Å²) >= 11 is 0. The van der Waals surface area contributed by atoms with Crippen molar-refractivity contribution in [3.63, 3.8) is 0 Å². The van der Waals surface area contributed by atoms with Gasteiger partial charge in [-0.05, 0) is 49.8 Å². The van der Waals surface area contributed by atoms with Crippen molar-refractivity contribution in [2.75, 3.05) is 32.1 Å². The van der Waals surface area contributed by atoms with Gasteiger partial charge in [-0.1, -0.05) is 12.1 Å². The van der Waals surface area contributed by atoms with Crippen molar-refractivity contribution in [1.29, 1.82) is 0 Å². The number of morpholine rings is 1. The zero-order valence-corrected chi connectivity index (χ0v) is 15.6. The Hall–Kier alpha value is -1.02. The SMILES string of the molecule is CCOC(CS(=O)(=O)N1CCOC(c2ccc(F)c(C)c2)C1)C1CC1. The second kappa shape index (κ2) is 7.70. The number of rotatable bonds is 7. The first-order valence-corrected chi connectivity index (χ1v) is 10.5. The minimum absolute atomic E-state index is 0.0284. The van der Waals surface area contributed by atoms with Gasteiger partial charge in [0.1, 0.15) is 5.82 Å². The summed E-state index contributed by atoms with van der Waals surface area (Å²) in [4.78, 5) is 0. The molecule has 1 saturated heterocycles. The van der Waals surface area contributed by atoms with E-state index in [9.17, 15) is 12.8 Å².